The zero-order chi connectivity index (χ0) is 29.2. The number of carbonyl (C=O) groups is 1. The van der Waals surface area contributed by atoms with E-state index in [2.05, 4.69) is 23.0 Å². The molecule has 0 unspecified atom stereocenters. The van der Waals surface area contributed by atoms with E-state index in [9.17, 15) is 19.7 Å². The lowest BCUT2D eigenvalue weighted by Gasteiger charge is -2.35. The predicted octanol–water partition coefficient (Wildman–Crippen LogP) is 5.50. The van der Waals surface area contributed by atoms with E-state index in [-0.39, 0.29) is 29.7 Å². The van der Waals surface area contributed by atoms with Crippen molar-refractivity contribution in [1.29, 1.82) is 10.5 Å². The Bertz CT molecular complexity index is 1280. The van der Waals surface area contributed by atoms with Gasteiger partial charge in [0.2, 0.25) is 0 Å². The van der Waals surface area contributed by atoms with Gasteiger partial charge < -0.3 is 19.9 Å². The van der Waals surface area contributed by atoms with Crippen molar-refractivity contribution in [2.24, 2.45) is 10.9 Å². The van der Waals surface area contributed by atoms with Crippen molar-refractivity contribution in [1.82, 2.24) is 9.80 Å². The first-order valence-corrected chi connectivity index (χ1v) is 13.7. The van der Waals surface area contributed by atoms with Gasteiger partial charge in [-0.05, 0) is 62.3 Å². The zero-order valence-corrected chi connectivity index (χ0v) is 24.0. The van der Waals surface area contributed by atoms with Crippen LogP contribution in [-0.4, -0.2) is 61.8 Å². The van der Waals surface area contributed by atoms with Gasteiger partial charge in [0.25, 0.3) is 5.91 Å². The fraction of sp³-hybridized carbons (Fsp3) is 0.484. The molecule has 9 heteroatoms. The fourth-order valence-corrected chi connectivity index (χ4v) is 4.73. The molecule has 1 aromatic rings. The molecule has 0 atom stereocenters. The second-order valence-electron chi connectivity index (χ2n) is 10.5. The number of hydrogen-bond donors (Lipinski definition) is 1. The number of anilines is 1. The van der Waals surface area contributed by atoms with Crippen LogP contribution in [0.1, 0.15) is 50.5 Å². The number of aliphatic imine (C=N–C) groups is 1. The van der Waals surface area contributed by atoms with Crippen LogP contribution in [0.25, 0.3) is 0 Å². The number of ether oxygens (including phenoxy) is 1. The molecule has 3 aliphatic rings. The van der Waals surface area contributed by atoms with Gasteiger partial charge in [0.15, 0.2) is 11.6 Å². The second kappa shape index (κ2) is 14.3. The lowest BCUT2D eigenvalue weighted by atomic mass is 9.93. The van der Waals surface area contributed by atoms with Gasteiger partial charge in [-0.2, -0.15) is 10.5 Å². The Kier molecular flexibility index (Phi) is 10.9. The normalized spacial score (nSPS) is 20.8. The third-order valence-corrected chi connectivity index (χ3v) is 7.58. The van der Waals surface area contributed by atoms with Crippen molar-refractivity contribution >= 4 is 17.3 Å². The number of benzene rings is 1. The summed E-state index contributed by atoms with van der Waals surface area (Å²) in [7, 11) is 4.98. The number of rotatable bonds is 6. The van der Waals surface area contributed by atoms with Crippen LogP contribution in [0.15, 0.2) is 52.8 Å². The number of hydrogen-bond acceptors (Lipinski definition) is 7. The summed E-state index contributed by atoms with van der Waals surface area (Å²) in [6.45, 7) is 6.69. The van der Waals surface area contributed by atoms with Crippen molar-refractivity contribution < 1.29 is 13.9 Å². The van der Waals surface area contributed by atoms with Crippen LogP contribution in [0.3, 0.4) is 0 Å². The van der Waals surface area contributed by atoms with Crippen LogP contribution in [0.2, 0.25) is 0 Å². The Morgan fingerprint density at radius 2 is 1.88 bits per heavy atom. The average molecular weight is 547 g/mol. The summed E-state index contributed by atoms with van der Waals surface area (Å²) >= 11 is 0. The number of nitriles is 2. The summed E-state index contributed by atoms with van der Waals surface area (Å²) in [5.74, 6) is 0.453. The van der Waals surface area contributed by atoms with Crippen LogP contribution < -0.4 is 10.1 Å². The zero-order valence-electron chi connectivity index (χ0n) is 24.0. The largest absolute Gasteiger partial charge is 0.494 e. The minimum absolute atomic E-state index is 0.0630. The quantitative estimate of drug-likeness (QED) is 0.505. The van der Waals surface area contributed by atoms with Gasteiger partial charge in [-0.15, -0.1) is 0 Å². The standard InChI is InChI=1S/C19H23N5O.C12H16FNO/c1-14-9-10-15(11-20)22-13-18(17(12-21)19(25)23(14)2)24(3)16-7-5-4-6-8-16;1-8-5-10(14-7-9-3-4-9)6-11(15-2)12(8)13/h9-10,16H,1,4-8,13H2,2-3H3;5-6,9,14H,3-4,7H2,1-2H3/b10-9-,18-17+,22-15?;. The van der Waals surface area contributed by atoms with Crippen LogP contribution in [-0.2, 0) is 4.79 Å². The number of nitrogens with zero attached hydrogens (tertiary/aromatic N) is 5. The summed E-state index contributed by atoms with van der Waals surface area (Å²) in [6.07, 6.45) is 11.3. The van der Waals surface area contributed by atoms with Gasteiger partial charge >= 0.3 is 0 Å². The van der Waals surface area contributed by atoms with E-state index in [1.807, 2.05) is 24.1 Å². The highest BCUT2D eigenvalue weighted by Crippen LogP contribution is 2.31. The first-order valence-electron chi connectivity index (χ1n) is 13.7. The summed E-state index contributed by atoms with van der Waals surface area (Å²) < 4.78 is 18.4. The molecule has 0 saturated heterocycles. The fourth-order valence-electron chi connectivity index (χ4n) is 4.73. The molecule has 4 rings (SSSR count). The molecule has 0 aromatic heterocycles. The summed E-state index contributed by atoms with van der Waals surface area (Å²) in [5.41, 5.74) is 2.85. The molecular weight excluding hydrogens is 507 g/mol. The Balaban J connectivity index is 0.000000249. The maximum Gasteiger partial charge on any atom is 0.270 e. The number of nitrogens with one attached hydrogen (secondary N) is 1. The Hall–Kier alpha value is -4.11. The van der Waals surface area contributed by atoms with E-state index in [0.29, 0.717) is 22.7 Å². The van der Waals surface area contributed by atoms with Crippen molar-refractivity contribution in [2.45, 2.75) is 57.9 Å². The second-order valence-corrected chi connectivity index (χ2v) is 10.5. The molecule has 0 spiro atoms. The van der Waals surface area contributed by atoms with Gasteiger partial charge in [-0.1, -0.05) is 25.8 Å². The van der Waals surface area contributed by atoms with Crippen LogP contribution in [0.5, 0.6) is 5.75 Å². The molecule has 1 N–H and O–H groups in total. The third-order valence-electron chi connectivity index (χ3n) is 7.58. The molecule has 0 bridgehead atoms. The molecule has 212 valence electrons. The minimum Gasteiger partial charge on any atom is -0.494 e. The third kappa shape index (κ3) is 7.95. The smallest absolute Gasteiger partial charge is 0.270 e. The average Bonchev–Trinajstić information content (AvgIpc) is 3.81. The number of allylic oxidation sites excluding steroid dienone is 2. The molecule has 1 aliphatic heterocycles. The van der Waals surface area contributed by atoms with Gasteiger partial charge in [0.05, 0.1) is 19.4 Å². The van der Waals surface area contributed by atoms with E-state index in [1.54, 1.807) is 32.2 Å². The Morgan fingerprint density at radius 1 is 1.18 bits per heavy atom. The van der Waals surface area contributed by atoms with E-state index >= 15 is 0 Å². The van der Waals surface area contributed by atoms with Crippen LogP contribution >= 0.6 is 0 Å². The maximum atomic E-state index is 13.4. The van der Waals surface area contributed by atoms with Gasteiger partial charge in [-0.25, -0.2) is 4.39 Å². The number of halogens is 1. The lowest BCUT2D eigenvalue weighted by Crippen LogP contribution is -2.37. The van der Waals surface area contributed by atoms with Gasteiger partial charge in [0.1, 0.15) is 23.4 Å². The molecule has 40 heavy (non-hydrogen) atoms. The Morgan fingerprint density at radius 3 is 2.48 bits per heavy atom. The molecule has 2 fully saturated rings. The number of methoxy groups -OCH3 is 1. The van der Waals surface area contributed by atoms with Gasteiger partial charge in [-0.3, -0.25) is 9.79 Å². The van der Waals surface area contributed by atoms with E-state index < -0.39 is 5.91 Å². The molecule has 1 heterocycles. The molecule has 1 aromatic carbocycles. The Labute approximate surface area is 237 Å². The summed E-state index contributed by atoms with van der Waals surface area (Å²) in [4.78, 5) is 20.4. The van der Waals surface area contributed by atoms with Crippen LogP contribution in [0, 0.1) is 41.3 Å². The maximum absolute atomic E-state index is 13.4. The summed E-state index contributed by atoms with van der Waals surface area (Å²) in [6, 6.07) is 7.90. The van der Waals surface area contributed by atoms with Crippen molar-refractivity contribution in [3.63, 3.8) is 0 Å². The van der Waals surface area contributed by atoms with E-state index in [0.717, 1.165) is 43.8 Å². The molecule has 0 radical (unpaired) electrons. The first-order chi connectivity index (χ1) is 19.2. The van der Waals surface area contributed by atoms with E-state index in [1.165, 1.54) is 31.3 Å². The summed E-state index contributed by atoms with van der Waals surface area (Å²) in [5, 5.41) is 22.2. The highest BCUT2D eigenvalue weighted by Gasteiger charge is 2.27. The topological polar surface area (TPSA) is 105 Å². The SMILES string of the molecule is C=C1/C=C\C(C#N)=NC/C(N(C)C2CCCCC2)=C(/C#N)C(=O)N1C.COc1cc(NCC2CC2)cc(C)c1F. The molecule has 8 nitrogen and oxygen atoms in total. The number of aryl methyl sites for hydroxylation is 1. The predicted molar refractivity (Wildman–Crippen MR) is 155 cm³/mol. The molecular formula is C31H39FN6O2. The monoisotopic (exact) mass is 546 g/mol. The van der Waals surface area contributed by atoms with Crippen LogP contribution in [0.4, 0.5) is 10.1 Å². The minimum atomic E-state index is -0.398. The number of carbonyl (C=O) groups excluding carboxylic acids is 1. The van der Waals surface area contributed by atoms with Crippen molar-refractivity contribution in [3.8, 4) is 17.9 Å². The number of likely N-dealkylation sites (N-methyl/N-ethyl adjacent to an activating group) is 2. The molecule has 1 amide bonds. The van der Waals surface area contributed by atoms with Crippen molar-refractivity contribution in [3.05, 3.63) is 59.2 Å². The van der Waals surface area contributed by atoms with Gasteiger partial charge in [0, 0.05) is 44.1 Å². The van der Waals surface area contributed by atoms with Crippen molar-refractivity contribution in [2.75, 3.05) is 39.6 Å². The van der Waals surface area contributed by atoms with E-state index in [4.69, 9.17) is 4.74 Å². The molecule has 2 aliphatic carbocycles. The molecule has 2 saturated carbocycles. The lowest BCUT2D eigenvalue weighted by molar-refractivity contribution is -0.123. The highest BCUT2D eigenvalue weighted by molar-refractivity contribution is 6.08. The first kappa shape index (κ1) is 30.4. The highest BCUT2D eigenvalue weighted by atomic mass is 19.1. The number of amides is 1.